The fourth-order valence-corrected chi connectivity index (χ4v) is 0.718. The lowest BCUT2D eigenvalue weighted by Gasteiger charge is -2.03. The number of rotatable bonds is 2. The number of nitrogens with zero attached hydrogens (tertiary/aromatic N) is 1. The molecule has 2 nitrogen and oxygen atoms in total. The van der Waals surface area contributed by atoms with E-state index in [1.54, 1.807) is 0 Å². The third-order valence-electron chi connectivity index (χ3n) is 0.951. The van der Waals surface area contributed by atoms with E-state index in [9.17, 15) is 8.78 Å². The van der Waals surface area contributed by atoms with Gasteiger partial charge >= 0.3 is 6.61 Å². The van der Waals surface area contributed by atoms with Crippen LogP contribution in [0.2, 0.25) is 5.02 Å². The molecule has 0 N–H and O–H groups in total. The van der Waals surface area contributed by atoms with Crippen LogP contribution in [0.3, 0.4) is 0 Å². The smallest absolute Gasteiger partial charge is 0.387 e. The molecule has 60 valence electrons. The zero-order chi connectivity index (χ0) is 8.27. The summed E-state index contributed by atoms with van der Waals surface area (Å²) in [5.41, 5.74) is 0. The van der Waals surface area contributed by atoms with Crippen LogP contribution in [0, 0.1) is 0 Å². The van der Waals surface area contributed by atoms with Gasteiger partial charge in [-0.1, -0.05) is 11.6 Å². The molecule has 0 amide bonds. The van der Waals surface area contributed by atoms with Gasteiger partial charge in [0, 0.05) is 18.5 Å². The molecule has 1 aromatic heterocycles. The first-order chi connectivity index (χ1) is 5.20. The molecule has 0 aromatic carbocycles. The van der Waals surface area contributed by atoms with Gasteiger partial charge in [-0.25, -0.2) is 0 Å². The van der Waals surface area contributed by atoms with Gasteiger partial charge < -0.3 is 4.74 Å². The standard InChI is InChI=1S/C6H4ClF2NO/c7-4-3-10-2-1-5(4)11-6(8)9/h1-3,6H. The Morgan fingerprint density at radius 3 is 2.82 bits per heavy atom. The van der Waals surface area contributed by atoms with E-state index >= 15 is 0 Å². The molecular weight excluding hydrogens is 176 g/mol. The Kier molecular flexibility index (Phi) is 2.59. The van der Waals surface area contributed by atoms with E-state index in [2.05, 4.69) is 9.72 Å². The molecule has 0 bridgehead atoms. The first-order valence-electron chi connectivity index (χ1n) is 2.74. The van der Waals surface area contributed by atoms with Crippen molar-refractivity contribution in [1.29, 1.82) is 0 Å². The van der Waals surface area contributed by atoms with Gasteiger partial charge in [-0.3, -0.25) is 4.98 Å². The van der Waals surface area contributed by atoms with E-state index in [-0.39, 0.29) is 10.8 Å². The maximum atomic E-state index is 11.6. The molecule has 0 unspecified atom stereocenters. The van der Waals surface area contributed by atoms with E-state index in [1.807, 2.05) is 0 Å². The monoisotopic (exact) mass is 179 g/mol. The highest BCUT2D eigenvalue weighted by Crippen LogP contribution is 2.23. The van der Waals surface area contributed by atoms with Crippen LogP contribution < -0.4 is 4.74 Å². The summed E-state index contributed by atoms with van der Waals surface area (Å²) in [5.74, 6) is -0.0586. The molecule has 5 heteroatoms. The number of alkyl halides is 2. The van der Waals surface area contributed by atoms with Crippen molar-refractivity contribution in [2.45, 2.75) is 6.61 Å². The average molecular weight is 180 g/mol. The van der Waals surface area contributed by atoms with Crippen molar-refractivity contribution in [2.24, 2.45) is 0 Å². The summed E-state index contributed by atoms with van der Waals surface area (Å²) < 4.78 is 27.2. The summed E-state index contributed by atoms with van der Waals surface area (Å²) in [4.78, 5) is 3.60. The van der Waals surface area contributed by atoms with E-state index in [0.29, 0.717) is 0 Å². The van der Waals surface area contributed by atoms with E-state index in [0.717, 1.165) is 0 Å². The highest BCUT2D eigenvalue weighted by Gasteiger charge is 2.06. The minimum Gasteiger partial charge on any atom is -0.433 e. The van der Waals surface area contributed by atoms with Gasteiger partial charge in [0.05, 0.1) is 0 Å². The molecule has 1 rings (SSSR count). The first-order valence-corrected chi connectivity index (χ1v) is 3.12. The van der Waals surface area contributed by atoms with Crippen molar-refractivity contribution < 1.29 is 13.5 Å². The Morgan fingerprint density at radius 2 is 2.27 bits per heavy atom. The molecule has 0 aliphatic rings. The largest absolute Gasteiger partial charge is 0.433 e. The van der Waals surface area contributed by atoms with Gasteiger partial charge in [0.15, 0.2) is 0 Å². The van der Waals surface area contributed by atoms with Crippen LogP contribution >= 0.6 is 11.6 Å². The number of pyridine rings is 1. The minimum atomic E-state index is -2.85. The van der Waals surface area contributed by atoms with Gasteiger partial charge in [-0.15, -0.1) is 0 Å². The van der Waals surface area contributed by atoms with Gasteiger partial charge in [0.2, 0.25) is 0 Å². The molecule has 0 spiro atoms. The fraction of sp³-hybridized carbons (Fsp3) is 0.167. The Bertz CT molecular complexity index is 244. The van der Waals surface area contributed by atoms with Crippen LogP contribution in [-0.4, -0.2) is 11.6 Å². The van der Waals surface area contributed by atoms with Crippen molar-refractivity contribution >= 4 is 11.6 Å². The topological polar surface area (TPSA) is 22.1 Å². The summed E-state index contributed by atoms with van der Waals surface area (Å²) in [6.45, 7) is -2.85. The molecule has 11 heavy (non-hydrogen) atoms. The molecule has 0 atom stereocenters. The third kappa shape index (κ3) is 2.31. The number of hydrogen-bond donors (Lipinski definition) is 0. The maximum absolute atomic E-state index is 11.6. The quantitative estimate of drug-likeness (QED) is 0.695. The van der Waals surface area contributed by atoms with E-state index in [4.69, 9.17) is 11.6 Å². The van der Waals surface area contributed by atoms with Gasteiger partial charge in [-0.05, 0) is 0 Å². The average Bonchev–Trinajstić information content (AvgIpc) is 1.93. The second-order valence-electron chi connectivity index (χ2n) is 1.68. The molecule has 0 aliphatic carbocycles. The third-order valence-corrected chi connectivity index (χ3v) is 1.24. The molecule has 0 saturated heterocycles. The minimum absolute atomic E-state index is 0.0586. The van der Waals surface area contributed by atoms with Gasteiger partial charge in [0.1, 0.15) is 10.8 Å². The normalized spacial score (nSPS) is 10.2. The number of ether oxygens (including phenoxy) is 1. The highest BCUT2D eigenvalue weighted by molar-refractivity contribution is 6.31. The number of aromatic nitrogens is 1. The summed E-state index contributed by atoms with van der Waals surface area (Å²) in [5, 5.41) is 0.0767. The zero-order valence-corrected chi connectivity index (χ0v) is 6.05. The fourth-order valence-electron chi connectivity index (χ4n) is 0.554. The van der Waals surface area contributed by atoms with Crippen LogP contribution in [0.4, 0.5) is 8.78 Å². The number of halogens is 3. The lowest BCUT2D eigenvalue weighted by molar-refractivity contribution is -0.0498. The molecule has 0 saturated carbocycles. The Hall–Kier alpha value is -0.900. The van der Waals surface area contributed by atoms with Crippen LogP contribution in [0.15, 0.2) is 18.5 Å². The molecule has 0 fully saturated rings. The summed E-state index contributed by atoms with van der Waals surface area (Å²) in [6.07, 6.45) is 2.56. The van der Waals surface area contributed by atoms with Gasteiger partial charge in [-0.2, -0.15) is 8.78 Å². The van der Waals surface area contributed by atoms with Crippen molar-refractivity contribution in [1.82, 2.24) is 4.98 Å². The lowest BCUT2D eigenvalue weighted by Crippen LogP contribution is -2.02. The summed E-state index contributed by atoms with van der Waals surface area (Å²) in [7, 11) is 0. The predicted octanol–water partition coefficient (Wildman–Crippen LogP) is 2.34. The van der Waals surface area contributed by atoms with E-state index < -0.39 is 6.61 Å². The molecule has 0 aliphatic heterocycles. The summed E-state index contributed by atoms with van der Waals surface area (Å²) >= 11 is 5.45. The van der Waals surface area contributed by atoms with Crippen LogP contribution in [-0.2, 0) is 0 Å². The molecule has 1 aromatic rings. The Morgan fingerprint density at radius 1 is 1.55 bits per heavy atom. The zero-order valence-electron chi connectivity index (χ0n) is 5.30. The highest BCUT2D eigenvalue weighted by atomic mass is 35.5. The Labute approximate surface area is 66.8 Å². The second-order valence-corrected chi connectivity index (χ2v) is 2.09. The Balaban J connectivity index is 2.78. The van der Waals surface area contributed by atoms with Crippen molar-refractivity contribution in [3.8, 4) is 5.75 Å². The van der Waals surface area contributed by atoms with Gasteiger partial charge in [0.25, 0.3) is 0 Å². The maximum Gasteiger partial charge on any atom is 0.387 e. The predicted molar refractivity (Wildman–Crippen MR) is 35.9 cm³/mol. The van der Waals surface area contributed by atoms with Crippen molar-refractivity contribution in [3.63, 3.8) is 0 Å². The second kappa shape index (κ2) is 3.48. The van der Waals surface area contributed by atoms with Crippen LogP contribution in [0.5, 0.6) is 5.75 Å². The SMILES string of the molecule is FC(F)Oc1ccncc1Cl. The molecule has 0 radical (unpaired) electrons. The summed E-state index contributed by atoms with van der Waals surface area (Å²) in [6, 6.07) is 1.27. The molecule has 1 heterocycles. The van der Waals surface area contributed by atoms with Crippen molar-refractivity contribution in [2.75, 3.05) is 0 Å². The van der Waals surface area contributed by atoms with E-state index in [1.165, 1.54) is 18.5 Å². The van der Waals surface area contributed by atoms with Crippen molar-refractivity contribution in [3.05, 3.63) is 23.5 Å². The van der Waals surface area contributed by atoms with Crippen LogP contribution in [0.1, 0.15) is 0 Å². The first kappa shape index (κ1) is 8.20. The lowest BCUT2D eigenvalue weighted by atomic mass is 10.4. The number of hydrogen-bond acceptors (Lipinski definition) is 2. The molecular formula is C6H4ClF2NO. The van der Waals surface area contributed by atoms with Crippen LogP contribution in [0.25, 0.3) is 0 Å².